The molecular weight excluding hydrogens is 405 g/mol. The van der Waals surface area contributed by atoms with Gasteiger partial charge in [-0.05, 0) is 78.3 Å². The summed E-state index contributed by atoms with van der Waals surface area (Å²) in [6.07, 6.45) is 0. The van der Waals surface area contributed by atoms with Gasteiger partial charge in [-0.2, -0.15) is 13.2 Å². The molecule has 2 aromatic carbocycles. The second-order valence-electron chi connectivity index (χ2n) is 5.34. The average molecular weight is 419 g/mol. The summed E-state index contributed by atoms with van der Waals surface area (Å²) in [6, 6.07) is 9.57. The fourth-order valence-electron chi connectivity index (χ4n) is 1.97. The van der Waals surface area contributed by atoms with Crippen molar-refractivity contribution in [2.75, 3.05) is 12.4 Å². The lowest BCUT2D eigenvalue weighted by Crippen LogP contribution is -2.33. The number of urea groups is 1. The van der Waals surface area contributed by atoms with Crippen LogP contribution in [0.4, 0.5) is 28.4 Å². The van der Waals surface area contributed by atoms with Crippen molar-refractivity contribution in [2.24, 2.45) is 0 Å². The van der Waals surface area contributed by atoms with Crippen molar-refractivity contribution < 1.29 is 27.5 Å². The Morgan fingerprint density at radius 3 is 2.30 bits per heavy atom. The number of halogens is 4. The molecule has 0 aromatic heterocycles. The Morgan fingerprint density at radius 1 is 1.15 bits per heavy atom. The van der Waals surface area contributed by atoms with Gasteiger partial charge in [0.2, 0.25) is 0 Å². The molecule has 3 amide bonds. The summed E-state index contributed by atoms with van der Waals surface area (Å²) in [4.78, 5) is 23.5. The van der Waals surface area contributed by atoms with Gasteiger partial charge in [0.25, 0.3) is 0 Å². The molecule has 0 spiro atoms. The third kappa shape index (κ3) is 6.37. The average Bonchev–Trinajstić information content (AvgIpc) is 2.56. The molecule has 0 bridgehead atoms. The van der Waals surface area contributed by atoms with Gasteiger partial charge in [-0.15, -0.1) is 0 Å². The zero-order valence-corrected chi connectivity index (χ0v) is 15.7. The summed E-state index contributed by atoms with van der Waals surface area (Å²) in [7, 11) is 1.23. The normalized spacial score (nSPS) is 11.0. The molecule has 27 heavy (non-hydrogen) atoms. The van der Waals surface area contributed by atoms with E-state index in [0.29, 0.717) is 27.6 Å². The van der Waals surface area contributed by atoms with Gasteiger partial charge < -0.3 is 10.1 Å². The zero-order chi connectivity index (χ0) is 20.2. The van der Waals surface area contributed by atoms with Crippen LogP contribution in [0.25, 0.3) is 0 Å². The van der Waals surface area contributed by atoms with Crippen LogP contribution in [-0.4, -0.2) is 28.9 Å². The molecule has 0 aliphatic rings. The number of aryl methyl sites for hydroxylation is 1. The van der Waals surface area contributed by atoms with Crippen LogP contribution in [-0.2, 0) is 0 Å². The number of carbonyl (C=O) groups is 2. The van der Waals surface area contributed by atoms with Gasteiger partial charge >= 0.3 is 16.9 Å². The SMILES string of the molecule is Cc1cc(NC(=O)N(C)C(=O)Cl)ccc1Oc1ccc(SC(F)(F)F)cc1. The van der Waals surface area contributed by atoms with Crippen molar-refractivity contribution in [1.82, 2.24) is 4.90 Å². The van der Waals surface area contributed by atoms with E-state index in [4.69, 9.17) is 16.3 Å². The third-order valence-corrected chi connectivity index (χ3v) is 4.27. The maximum absolute atomic E-state index is 12.3. The maximum Gasteiger partial charge on any atom is 0.446 e. The van der Waals surface area contributed by atoms with Crippen LogP contribution in [0.15, 0.2) is 47.4 Å². The summed E-state index contributed by atoms with van der Waals surface area (Å²) in [6.45, 7) is 1.73. The van der Waals surface area contributed by atoms with E-state index in [2.05, 4.69) is 5.32 Å². The number of hydrogen-bond acceptors (Lipinski definition) is 4. The Balaban J connectivity index is 2.05. The fourth-order valence-corrected chi connectivity index (χ4v) is 2.58. The Kier molecular flexibility index (Phi) is 6.61. The second-order valence-corrected chi connectivity index (χ2v) is 6.81. The highest BCUT2D eigenvalue weighted by Crippen LogP contribution is 2.37. The van der Waals surface area contributed by atoms with Crippen LogP contribution in [0.2, 0.25) is 0 Å². The number of nitrogens with one attached hydrogen (secondary N) is 1. The van der Waals surface area contributed by atoms with Gasteiger partial charge in [-0.1, -0.05) is 0 Å². The molecule has 0 saturated heterocycles. The minimum absolute atomic E-state index is 0.0580. The molecule has 0 heterocycles. The third-order valence-electron chi connectivity index (χ3n) is 3.28. The molecule has 5 nitrogen and oxygen atoms in total. The number of amides is 3. The number of alkyl halides is 3. The van der Waals surface area contributed by atoms with E-state index < -0.39 is 16.9 Å². The first kappa shape index (κ1) is 20.9. The standard InChI is InChI=1S/C17H14ClF3N2O3S/c1-10-9-11(22-16(25)23(2)15(18)24)3-8-14(10)26-12-4-6-13(7-5-12)27-17(19,20)21/h3-9H,1-2H3,(H,22,25). The molecular formula is C17H14ClF3N2O3S. The van der Waals surface area contributed by atoms with E-state index in [-0.39, 0.29) is 16.7 Å². The summed E-state index contributed by atoms with van der Waals surface area (Å²) < 4.78 is 42.7. The van der Waals surface area contributed by atoms with Crippen LogP contribution in [0.5, 0.6) is 11.5 Å². The van der Waals surface area contributed by atoms with E-state index in [9.17, 15) is 22.8 Å². The monoisotopic (exact) mass is 418 g/mol. The molecule has 2 aromatic rings. The number of nitrogens with zero attached hydrogens (tertiary/aromatic N) is 1. The Labute approximate surface area is 162 Å². The Bertz CT molecular complexity index is 844. The Hall–Kier alpha value is -2.39. The molecule has 0 aliphatic heterocycles. The molecule has 10 heteroatoms. The van der Waals surface area contributed by atoms with Crippen molar-refractivity contribution >= 4 is 40.4 Å². The topological polar surface area (TPSA) is 58.6 Å². The number of imide groups is 1. The van der Waals surface area contributed by atoms with Gasteiger partial charge in [0, 0.05) is 17.6 Å². The fraction of sp³-hybridized carbons (Fsp3) is 0.176. The van der Waals surface area contributed by atoms with Crippen molar-refractivity contribution in [3.63, 3.8) is 0 Å². The number of thioether (sulfide) groups is 1. The first-order valence-corrected chi connectivity index (χ1v) is 8.63. The number of benzene rings is 2. The second kappa shape index (κ2) is 8.53. The molecule has 2 rings (SSSR count). The molecule has 0 unspecified atom stereocenters. The van der Waals surface area contributed by atoms with Gasteiger partial charge in [0.1, 0.15) is 11.5 Å². The van der Waals surface area contributed by atoms with E-state index >= 15 is 0 Å². The van der Waals surface area contributed by atoms with Gasteiger partial charge in [0.05, 0.1) is 0 Å². The smallest absolute Gasteiger partial charge is 0.446 e. The van der Waals surface area contributed by atoms with E-state index in [0.717, 1.165) is 0 Å². The molecule has 0 radical (unpaired) electrons. The maximum atomic E-state index is 12.3. The van der Waals surface area contributed by atoms with Crippen LogP contribution >= 0.6 is 23.4 Å². The van der Waals surface area contributed by atoms with E-state index in [1.54, 1.807) is 25.1 Å². The Morgan fingerprint density at radius 2 is 1.78 bits per heavy atom. The largest absolute Gasteiger partial charge is 0.457 e. The van der Waals surface area contributed by atoms with Crippen LogP contribution in [0.1, 0.15) is 5.56 Å². The van der Waals surface area contributed by atoms with E-state index in [1.807, 2.05) is 0 Å². The molecule has 0 atom stereocenters. The number of hydrogen-bond donors (Lipinski definition) is 1. The quantitative estimate of drug-likeness (QED) is 0.363. The summed E-state index contributed by atoms with van der Waals surface area (Å²) in [5, 5.41) is 1.58. The van der Waals surface area contributed by atoms with Crippen LogP contribution in [0, 0.1) is 6.92 Å². The first-order valence-electron chi connectivity index (χ1n) is 7.43. The molecule has 0 fully saturated rings. The molecule has 144 valence electrons. The first-order chi connectivity index (χ1) is 12.5. The summed E-state index contributed by atoms with van der Waals surface area (Å²) in [5.74, 6) is 0.833. The lowest BCUT2D eigenvalue weighted by Gasteiger charge is -2.14. The lowest BCUT2D eigenvalue weighted by molar-refractivity contribution is -0.0328. The van der Waals surface area contributed by atoms with Gasteiger partial charge in [-0.25, -0.2) is 4.79 Å². The van der Waals surface area contributed by atoms with E-state index in [1.165, 1.54) is 31.3 Å². The number of ether oxygens (including phenoxy) is 1. The van der Waals surface area contributed by atoms with Crippen molar-refractivity contribution in [1.29, 1.82) is 0 Å². The highest BCUT2D eigenvalue weighted by molar-refractivity contribution is 8.00. The lowest BCUT2D eigenvalue weighted by atomic mass is 10.2. The molecule has 1 N–H and O–H groups in total. The van der Waals surface area contributed by atoms with Crippen molar-refractivity contribution in [3.05, 3.63) is 48.0 Å². The number of carbonyl (C=O) groups excluding carboxylic acids is 2. The molecule has 0 aliphatic carbocycles. The highest BCUT2D eigenvalue weighted by atomic mass is 35.5. The van der Waals surface area contributed by atoms with Gasteiger partial charge in [0.15, 0.2) is 0 Å². The highest BCUT2D eigenvalue weighted by Gasteiger charge is 2.29. The number of anilines is 1. The molecule has 0 saturated carbocycles. The summed E-state index contributed by atoms with van der Waals surface area (Å²) >= 11 is 5.02. The zero-order valence-electron chi connectivity index (χ0n) is 14.1. The minimum Gasteiger partial charge on any atom is -0.457 e. The summed E-state index contributed by atoms with van der Waals surface area (Å²) in [5.41, 5.74) is -3.26. The number of rotatable bonds is 4. The predicted octanol–water partition coefficient (Wildman–Crippen LogP) is 6.22. The minimum atomic E-state index is -4.35. The van der Waals surface area contributed by atoms with Crippen LogP contribution < -0.4 is 10.1 Å². The van der Waals surface area contributed by atoms with Gasteiger partial charge in [-0.3, -0.25) is 9.69 Å². The van der Waals surface area contributed by atoms with Crippen molar-refractivity contribution in [3.8, 4) is 11.5 Å². The van der Waals surface area contributed by atoms with Crippen molar-refractivity contribution in [2.45, 2.75) is 17.3 Å². The predicted molar refractivity (Wildman–Crippen MR) is 97.6 cm³/mol. The van der Waals surface area contributed by atoms with Crippen LogP contribution in [0.3, 0.4) is 0 Å².